The number of carbonyl (C=O) groups is 1. The third-order valence-electron chi connectivity index (χ3n) is 2.72. The average molecular weight is 293 g/mol. The van der Waals surface area contributed by atoms with E-state index in [2.05, 4.69) is 15.7 Å². The largest absolute Gasteiger partial charge is 0.325 e. The molecule has 1 aromatic heterocycles. The number of anilines is 1. The first kappa shape index (κ1) is 14.6. The molecule has 0 saturated carbocycles. The molecular formula is C14H17ClN4O. The molecule has 0 aliphatic carbocycles. The molecule has 0 radical (unpaired) electrons. The molecule has 0 fully saturated rings. The number of carbonyl (C=O) groups excluding carboxylic acids is 1. The smallest absolute Gasteiger partial charge is 0.238 e. The van der Waals surface area contributed by atoms with E-state index in [-0.39, 0.29) is 12.5 Å². The predicted octanol–water partition coefficient (Wildman–Crippen LogP) is 1.84. The minimum atomic E-state index is -0.0895. The van der Waals surface area contributed by atoms with Gasteiger partial charge in [-0.2, -0.15) is 5.10 Å². The van der Waals surface area contributed by atoms with Crippen molar-refractivity contribution in [2.75, 3.05) is 18.4 Å². The number of nitrogens with one attached hydrogen (secondary N) is 2. The van der Waals surface area contributed by atoms with E-state index in [1.165, 1.54) is 0 Å². The van der Waals surface area contributed by atoms with E-state index < -0.39 is 0 Å². The third kappa shape index (κ3) is 4.68. The van der Waals surface area contributed by atoms with Gasteiger partial charge >= 0.3 is 0 Å². The van der Waals surface area contributed by atoms with Crippen LogP contribution in [0.5, 0.6) is 0 Å². The number of hydrogen-bond donors (Lipinski definition) is 2. The SMILES string of the molecule is Cn1ccc(CCNCC(=O)Nc2cccc(Cl)c2)n1. The summed E-state index contributed by atoms with van der Waals surface area (Å²) in [5.74, 6) is -0.0895. The Kier molecular flexibility index (Phi) is 5.15. The van der Waals surface area contributed by atoms with Crippen LogP contribution in [0.3, 0.4) is 0 Å². The number of amides is 1. The molecule has 1 heterocycles. The van der Waals surface area contributed by atoms with E-state index in [9.17, 15) is 4.79 Å². The number of nitrogens with zero attached hydrogens (tertiary/aromatic N) is 2. The molecule has 2 aromatic rings. The van der Waals surface area contributed by atoms with Gasteiger partial charge in [0.15, 0.2) is 0 Å². The van der Waals surface area contributed by atoms with Gasteiger partial charge in [0.2, 0.25) is 5.91 Å². The second-order valence-corrected chi connectivity index (χ2v) is 4.90. The molecule has 0 aliphatic heterocycles. The first-order valence-electron chi connectivity index (χ1n) is 6.38. The summed E-state index contributed by atoms with van der Waals surface area (Å²) < 4.78 is 1.77. The Morgan fingerprint density at radius 3 is 2.95 bits per heavy atom. The van der Waals surface area contributed by atoms with E-state index in [4.69, 9.17) is 11.6 Å². The van der Waals surface area contributed by atoms with Crippen LogP contribution in [0.25, 0.3) is 0 Å². The zero-order chi connectivity index (χ0) is 14.4. The summed E-state index contributed by atoms with van der Waals surface area (Å²) in [6.07, 6.45) is 2.70. The Labute approximate surface area is 122 Å². The van der Waals surface area contributed by atoms with Crippen molar-refractivity contribution in [2.24, 2.45) is 7.05 Å². The zero-order valence-electron chi connectivity index (χ0n) is 11.3. The van der Waals surface area contributed by atoms with Crippen molar-refractivity contribution in [3.8, 4) is 0 Å². The Balaban J connectivity index is 1.67. The van der Waals surface area contributed by atoms with Gasteiger partial charge < -0.3 is 10.6 Å². The van der Waals surface area contributed by atoms with Crippen molar-refractivity contribution >= 4 is 23.2 Å². The molecule has 0 saturated heterocycles. The van der Waals surface area contributed by atoms with Crippen LogP contribution < -0.4 is 10.6 Å². The van der Waals surface area contributed by atoms with Crippen LogP contribution in [0.15, 0.2) is 36.5 Å². The van der Waals surface area contributed by atoms with Gasteiger partial charge in [-0.05, 0) is 24.3 Å². The summed E-state index contributed by atoms with van der Waals surface area (Å²) in [4.78, 5) is 11.7. The average Bonchev–Trinajstić information content (AvgIpc) is 2.80. The van der Waals surface area contributed by atoms with Gasteiger partial charge in [-0.25, -0.2) is 0 Å². The number of aryl methyl sites for hydroxylation is 1. The van der Waals surface area contributed by atoms with Crippen LogP contribution in [-0.4, -0.2) is 28.8 Å². The Morgan fingerprint density at radius 1 is 1.40 bits per heavy atom. The molecule has 2 rings (SSSR count). The summed E-state index contributed by atoms with van der Waals surface area (Å²) in [5.41, 5.74) is 1.71. The molecule has 20 heavy (non-hydrogen) atoms. The van der Waals surface area contributed by atoms with Crippen LogP contribution in [0.2, 0.25) is 5.02 Å². The maximum absolute atomic E-state index is 11.7. The minimum absolute atomic E-state index is 0.0895. The van der Waals surface area contributed by atoms with Gasteiger partial charge in [0.25, 0.3) is 0 Å². The van der Waals surface area contributed by atoms with Gasteiger partial charge in [0.05, 0.1) is 12.2 Å². The van der Waals surface area contributed by atoms with E-state index in [1.807, 2.05) is 19.3 Å². The molecular weight excluding hydrogens is 276 g/mol. The summed E-state index contributed by atoms with van der Waals surface area (Å²) in [7, 11) is 1.88. The van der Waals surface area contributed by atoms with Crippen LogP contribution in [-0.2, 0) is 18.3 Å². The summed E-state index contributed by atoms with van der Waals surface area (Å²) in [5, 5.41) is 10.7. The van der Waals surface area contributed by atoms with Crippen LogP contribution in [0.1, 0.15) is 5.69 Å². The van der Waals surface area contributed by atoms with E-state index in [0.29, 0.717) is 17.3 Å². The number of halogens is 1. The van der Waals surface area contributed by atoms with Gasteiger partial charge in [0, 0.05) is 36.9 Å². The highest BCUT2D eigenvalue weighted by Gasteiger charge is 2.02. The second-order valence-electron chi connectivity index (χ2n) is 4.47. The quantitative estimate of drug-likeness (QED) is 0.799. The predicted molar refractivity (Wildman–Crippen MR) is 79.9 cm³/mol. The molecule has 2 N–H and O–H groups in total. The highest BCUT2D eigenvalue weighted by Crippen LogP contribution is 2.14. The molecule has 0 spiro atoms. The lowest BCUT2D eigenvalue weighted by Gasteiger charge is -2.06. The number of hydrogen-bond acceptors (Lipinski definition) is 3. The molecule has 0 unspecified atom stereocenters. The first-order chi connectivity index (χ1) is 9.63. The van der Waals surface area contributed by atoms with Crippen molar-refractivity contribution in [3.63, 3.8) is 0 Å². The fourth-order valence-corrected chi connectivity index (χ4v) is 1.98. The topological polar surface area (TPSA) is 59.0 Å². The van der Waals surface area contributed by atoms with Gasteiger partial charge in [-0.15, -0.1) is 0 Å². The van der Waals surface area contributed by atoms with Gasteiger partial charge in [0.1, 0.15) is 0 Å². The van der Waals surface area contributed by atoms with Crippen LogP contribution in [0, 0.1) is 0 Å². The lowest BCUT2D eigenvalue weighted by Crippen LogP contribution is -2.29. The normalized spacial score (nSPS) is 10.5. The fraction of sp³-hybridized carbons (Fsp3) is 0.286. The van der Waals surface area contributed by atoms with Crippen LogP contribution >= 0.6 is 11.6 Å². The van der Waals surface area contributed by atoms with E-state index >= 15 is 0 Å². The Hall–Kier alpha value is -1.85. The molecule has 0 atom stereocenters. The molecule has 6 heteroatoms. The number of rotatable bonds is 6. The summed E-state index contributed by atoms with van der Waals surface area (Å²) in [6, 6.07) is 9.05. The molecule has 0 aliphatic rings. The second kappa shape index (κ2) is 7.07. The monoisotopic (exact) mass is 292 g/mol. The molecule has 0 bridgehead atoms. The zero-order valence-corrected chi connectivity index (χ0v) is 12.0. The lowest BCUT2D eigenvalue weighted by atomic mass is 10.3. The highest BCUT2D eigenvalue weighted by molar-refractivity contribution is 6.30. The van der Waals surface area contributed by atoms with Crippen molar-refractivity contribution in [2.45, 2.75) is 6.42 Å². The van der Waals surface area contributed by atoms with Crippen molar-refractivity contribution in [1.29, 1.82) is 0 Å². The van der Waals surface area contributed by atoms with Gasteiger partial charge in [-0.3, -0.25) is 9.48 Å². The van der Waals surface area contributed by atoms with E-state index in [0.717, 1.165) is 12.1 Å². The fourth-order valence-electron chi connectivity index (χ4n) is 1.79. The highest BCUT2D eigenvalue weighted by atomic mass is 35.5. The summed E-state index contributed by atoms with van der Waals surface area (Å²) in [6.45, 7) is 0.972. The third-order valence-corrected chi connectivity index (χ3v) is 2.96. The Morgan fingerprint density at radius 2 is 2.25 bits per heavy atom. The molecule has 106 valence electrons. The molecule has 1 amide bonds. The number of benzene rings is 1. The molecule has 5 nitrogen and oxygen atoms in total. The number of aromatic nitrogens is 2. The van der Waals surface area contributed by atoms with Crippen LogP contribution in [0.4, 0.5) is 5.69 Å². The first-order valence-corrected chi connectivity index (χ1v) is 6.76. The van der Waals surface area contributed by atoms with Crippen molar-refractivity contribution in [1.82, 2.24) is 15.1 Å². The standard InChI is InChI=1S/C14H17ClN4O/c1-19-8-6-12(18-19)5-7-16-10-14(20)17-13-4-2-3-11(15)9-13/h2-4,6,8-9,16H,5,7,10H2,1H3,(H,17,20). The van der Waals surface area contributed by atoms with Crippen molar-refractivity contribution in [3.05, 3.63) is 47.2 Å². The molecule has 1 aromatic carbocycles. The van der Waals surface area contributed by atoms with E-state index in [1.54, 1.807) is 28.9 Å². The van der Waals surface area contributed by atoms with Crippen molar-refractivity contribution < 1.29 is 4.79 Å². The lowest BCUT2D eigenvalue weighted by molar-refractivity contribution is -0.115. The maximum atomic E-state index is 11.7. The Bertz CT molecular complexity index is 582. The van der Waals surface area contributed by atoms with Gasteiger partial charge in [-0.1, -0.05) is 17.7 Å². The minimum Gasteiger partial charge on any atom is -0.325 e. The maximum Gasteiger partial charge on any atom is 0.238 e. The summed E-state index contributed by atoms with van der Waals surface area (Å²) >= 11 is 5.85.